The first kappa shape index (κ1) is 10.8. The Morgan fingerprint density at radius 1 is 1.43 bits per heavy atom. The summed E-state index contributed by atoms with van der Waals surface area (Å²) < 4.78 is 0. The number of thiophene rings is 1. The van der Waals surface area contributed by atoms with Gasteiger partial charge in [0, 0.05) is 11.6 Å². The second-order valence-electron chi connectivity index (χ2n) is 2.35. The van der Waals surface area contributed by atoms with Crippen molar-refractivity contribution in [2.45, 2.75) is 0 Å². The molecule has 0 amide bonds. The van der Waals surface area contributed by atoms with Gasteiger partial charge >= 0.3 is 0 Å². The molecule has 2 rings (SSSR count). The molecule has 0 bridgehead atoms. The number of anilines is 1. The van der Waals surface area contributed by atoms with Crippen molar-refractivity contribution in [3.63, 3.8) is 0 Å². The van der Waals surface area contributed by atoms with Gasteiger partial charge in [-0.05, 0) is 23.6 Å². The predicted octanol–water partition coefficient (Wildman–Crippen LogP) is 2.77. The molecular weight excluding hydrogens is 220 g/mol. The number of hydrogen-bond donors (Lipinski definition) is 2. The standard InChI is InChI=1S/C5H5ClN2.C4H4OS/c6-4-2-1-3-8-5(4)7;5-4-1-2-6-3-4/h1-3H,(H2,7,8);1-3,5H. The maximum absolute atomic E-state index is 8.48. The minimum Gasteiger partial charge on any atom is -0.507 e. The highest BCUT2D eigenvalue weighted by Crippen LogP contribution is 2.12. The lowest BCUT2D eigenvalue weighted by atomic mass is 10.5. The van der Waals surface area contributed by atoms with Gasteiger partial charge in [-0.3, -0.25) is 0 Å². The number of halogens is 1. The zero-order valence-corrected chi connectivity index (χ0v) is 8.79. The monoisotopic (exact) mass is 228 g/mol. The summed E-state index contributed by atoms with van der Waals surface area (Å²) in [5.74, 6) is 0.745. The molecule has 0 radical (unpaired) electrons. The van der Waals surface area contributed by atoms with Gasteiger partial charge in [-0.2, -0.15) is 0 Å². The Hall–Kier alpha value is -1.26. The maximum Gasteiger partial charge on any atom is 0.142 e. The quantitative estimate of drug-likeness (QED) is 0.729. The summed E-state index contributed by atoms with van der Waals surface area (Å²) in [6, 6.07) is 5.09. The second-order valence-corrected chi connectivity index (χ2v) is 3.54. The van der Waals surface area contributed by atoms with Crippen LogP contribution < -0.4 is 5.73 Å². The summed E-state index contributed by atoms with van der Waals surface area (Å²) in [6.07, 6.45) is 1.60. The smallest absolute Gasteiger partial charge is 0.142 e. The lowest BCUT2D eigenvalue weighted by Crippen LogP contribution is -1.87. The molecule has 3 nitrogen and oxygen atoms in total. The number of rotatable bonds is 0. The Kier molecular flexibility index (Phi) is 4.22. The molecule has 3 N–H and O–H groups in total. The number of pyridine rings is 1. The third kappa shape index (κ3) is 3.64. The van der Waals surface area contributed by atoms with Crippen molar-refractivity contribution in [1.29, 1.82) is 0 Å². The van der Waals surface area contributed by atoms with Crippen molar-refractivity contribution in [3.8, 4) is 5.75 Å². The SMILES string of the molecule is Nc1ncccc1Cl.Oc1ccsc1. The van der Waals surface area contributed by atoms with E-state index in [2.05, 4.69) is 4.98 Å². The van der Waals surface area contributed by atoms with Gasteiger partial charge in [0.25, 0.3) is 0 Å². The van der Waals surface area contributed by atoms with Gasteiger partial charge in [0.15, 0.2) is 0 Å². The first-order valence-electron chi connectivity index (χ1n) is 3.77. The van der Waals surface area contributed by atoms with Gasteiger partial charge in [0.05, 0.1) is 5.02 Å². The van der Waals surface area contributed by atoms with Crippen LogP contribution in [0.15, 0.2) is 35.2 Å². The van der Waals surface area contributed by atoms with Crippen molar-refractivity contribution in [3.05, 3.63) is 40.2 Å². The molecule has 0 spiro atoms. The molecule has 0 aromatic carbocycles. The van der Waals surface area contributed by atoms with Crippen LogP contribution in [0.1, 0.15) is 0 Å². The summed E-state index contributed by atoms with van der Waals surface area (Å²) in [6.45, 7) is 0. The second kappa shape index (κ2) is 5.47. The topological polar surface area (TPSA) is 59.1 Å². The normalized spacial score (nSPS) is 8.93. The minimum atomic E-state index is 0.361. The first-order chi connectivity index (χ1) is 6.70. The molecule has 2 aromatic heterocycles. The van der Waals surface area contributed by atoms with Crippen molar-refractivity contribution in [2.24, 2.45) is 0 Å². The van der Waals surface area contributed by atoms with E-state index in [1.165, 1.54) is 11.3 Å². The molecule has 0 aliphatic rings. The van der Waals surface area contributed by atoms with Crippen LogP contribution in [0.3, 0.4) is 0 Å². The molecule has 0 unspecified atom stereocenters. The van der Waals surface area contributed by atoms with Crippen molar-refractivity contribution in [2.75, 3.05) is 5.73 Å². The summed E-state index contributed by atoms with van der Waals surface area (Å²) in [5.41, 5.74) is 5.28. The van der Waals surface area contributed by atoms with Gasteiger partial charge in [-0.25, -0.2) is 4.98 Å². The maximum atomic E-state index is 8.48. The highest BCUT2D eigenvalue weighted by atomic mass is 35.5. The third-order valence-corrected chi connectivity index (χ3v) is 2.28. The summed E-state index contributed by atoms with van der Waals surface area (Å²) >= 11 is 7.01. The van der Waals surface area contributed by atoms with E-state index in [0.29, 0.717) is 16.6 Å². The fourth-order valence-corrected chi connectivity index (χ4v) is 1.29. The van der Waals surface area contributed by atoms with E-state index in [0.717, 1.165) is 0 Å². The number of nitrogens with zero attached hydrogens (tertiary/aromatic N) is 1. The summed E-state index contributed by atoms with van der Waals surface area (Å²) in [5, 5.41) is 12.5. The van der Waals surface area contributed by atoms with Crippen LogP contribution in [0.25, 0.3) is 0 Å². The molecule has 2 aromatic rings. The van der Waals surface area contributed by atoms with E-state index in [-0.39, 0.29) is 0 Å². The average molecular weight is 229 g/mol. The minimum absolute atomic E-state index is 0.361. The van der Waals surface area contributed by atoms with Crippen LogP contribution in [0.2, 0.25) is 5.02 Å². The molecule has 0 aliphatic heterocycles. The molecule has 2 heterocycles. The number of aromatic nitrogens is 1. The van der Waals surface area contributed by atoms with E-state index in [9.17, 15) is 0 Å². The fourth-order valence-electron chi connectivity index (χ4n) is 0.655. The lowest BCUT2D eigenvalue weighted by molar-refractivity contribution is 0.478. The highest BCUT2D eigenvalue weighted by molar-refractivity contribution is 7.08. The molecule has 0 aliphatic carbocycles. The van der Waals surface area contributed by atoms with E-state index in [1.54, 1.807) is 29.8 Å². The number of aromatic hydroxyl groups is 1. The fraction of sp³-hybridized carbons (Fsp3) is 0. The number of nitrogen functional groups attached to an aromatic ring is 1. The van der Waals surface area contributed by atoms with E-state index in [1.807, 2.05) is 5.38 Å². The largest absolute Gasteiger partial charge is 0.507 e. The number of hydrogen-bond acceptors (Lipinski definition) is 4. The van der Waals surface area contributed by atoms with Crippen LogP contribution in [-0.4, -0.2) is 10.1 Å². The van der Waals surface area contributed by atoms with Gasteiger partial charge in [0.2, 0.25) is 0 Å². The molecule has 14 heavy (non-hydrogen) atoms. The van der Waals surface area contributed by atoms with Crippen LogP contribution in [0.5, 0.6) is 5.75 Å². The third-order valence-electron chi connectivity index (χ3n) is 1.29. The van der Waals surface area contributed by atoms with Gasteiger partial charge in [-0.15, -0.1) is 11.3 Å². The van der Waals surface area contributed by atoms with Crippen LogP contribution in [0, 0.1) is 0 Å². The highest BCUT2D eigenvalue weighted by Gasteiger charge is 1.89. The molecule has 0 saturated carbocycles. The Balaban J connectivity index is 0.000000146. The van der Waals surface area contributed by atoms with Crippen LogP contribution in [-0.2, 0) is 0 Å². The van der Waals surface area contributed by atoms with E-state index in [4.69, 9.17) is 22.4 Å². The van der Waals surface area contributed by atoms with Gasteiger partial charge in [0.1, 0.15) is 11.6 Å². The van der Waals surface area contributed by atoms with Crippen molar-refractivity contribution < 1.29 is 5.11 Å². The average Bonchev–Trinajstić information content (AvgIpc) is 2.63. The summed E-state index contributed by atoms with van der Waals surface area (Å²) in [7, 11) is 0. The van der Waals surface area contributed by atoms with Crippen molar-refractivity contribution >= 4 is 28.8 Å². The van der Waals surface area contributed by atoms with Crippen molar-refractivity contribution in [1.82, 2.24) is 4.98 Å². The Bertz CT molecular complexity index is 357. The number of nitrogens with two attached hydrogens (primary N) is 1. The lowest BCUT2D eigenvalue weighted by Gasteiger charge is -1.90. The zero-order chi connectivity index (χ0) is 10.4. The molecular formula is C9H9ClN2OS. The van der Waals surface area contributed by atoms with E-state index >= 15 is 0 Å². The predicted molar refractivity (Wildman–Crippen MR) is 59.6 cm³/mol. The Morgan fingerprint density at radius 2 is 2.21 bits per heavy atom. The zero-order valence-electron chi connectivity index (χ0n) is 7.22. The molecule has 0 atom stereocenters. The summed E-state index contributed by atoms with van der Waals surface area (Å²) in [4.78, 5) is 3.72. The van der Waals surface area contributed by atoms with Gasteiger partial charge < -0.3 is 10.8 Å². The van der Waals surface area contributed by atoms with Crippen LogP contribution in [0.4, 0.5) is 5.82 Å². The molecule has 0 saturated heterocycles. The molecule has 5 heteroatoms. The Labute approximate surface area is 90.8 Å². The Morgan fingerprint density at radius 3 is 2.50 bits per heavy atom. The van der Waals surface area contributed by atoms with Crippen LogP contribution >= 0.6 is 22.9 Å². The molecule has 74 valence electrons. The molecule has 0 fully saturated rings. The van der Waals surface area contributed by atoms with Gasteiger partial charge in [-0.1, -0.05) is 11.6 Å². The first-order valence-corrected chi connectivity index (χ1v) is 5.09. The van der Waals surface area contributed by atoms with E-state index < -0.39 is 0 Å².